The Balaban J connectivity index is 1.59. The van der Waals surface area contributed by atoms with Crippen LogP contribution in [0.3, 0.4) is 0 Å². The number of nitrogen functional groups attached to an aromatic ring is 1. The zero-order valence-electron chi connectivity index (χ0n) is 19.0. The van der Waals surface area contributed by atoms with Gasteiger partial charge in [-0.25, -0.2) is 4.63 Å². The molecule has 0 saturated carbocycles. The SMILES string of the molecule is CN(C)C(=O)[C@]1(Cc2cccc(-c3ccccc3)c2)CCCN(C(=O)Cc2nonc2N)C1. The van der Waals surface area contributed by atoms with E-state index in [1.165, 1.54) is 0 Å². The first kappa shape index (κ1) is 22.5. The van der Waals surface area contributed by atoms with Crippen LogP contribution >= 0.6 is 0 Å². The predicted octanol–water partition coefficient (Wildman–Crippen LogP) is 2.80. The summed E-state index contributed by atoms with van der Waals surface area (Å²) in [4.78, 5) is 29.9. The fourth-order valence-corrected chi connectivity index (χ4v) is 4.69. The van der Waals surface area contributed by atoms with Crippen LogP contribution < -0.4 is 5.73 Å². The van der Waals surface area contributed by atoms with Crippen LogP contribution in [-0.4, -0.2) is 59.1 Å². The number of nitrogens with zero attached hydrogens (tertiary/aromatic N) is 4. The molecule has 8 nitrogen and oxygen atoms in total. The highest BCUT2D eigenvalue weighted by Gasteiger charge is 2.44. The van der Waals surface area contributed by atoms with Gasteiger partial charge >= 0.3 is 0 Å². The van der Waals surface area contributed by atoms with Crippen molar-refractivity contribution in [2.45, 2.75) is 25.7 Å². The molecule has 1 aromatic heterocycles. The summed E-state index contributed by atoms with van der Waals surface area (Å²) in [6.45, 7) is 0.945. The highest BCUT2D eigenvalue weighted by Crippen LogP contribution is 2.36. The number of nitrogens with two attached hydrogens (primary N) is 1. The van der Waals surface area contributed by atoms with Crippen molar-refractivity contribution < 1.29 is 14.2 Å². The molecule has 8 heteroatoms. The second-order valence-electron chi connectivity index (χ2n) is 8.91. The lowest BCUT2D eigenvalue weighted by atomic mass is 9.73. The summed E-state index contributed by atoms with van der Waals surface area (Å²) in [6, 6.07) is 18.5. The summed E-state index contributed by atoms with van der Waals surface area (Å²) in [7, 11) is 3.54. The number of benzene rings is 2. The summed E-state index contributed by atoms with van der Waals surface area (Å²) < 4.78 is 4.61. The molecule has 33 heavy (non-hydrogen) atoms. The number of hydrogen-bond donors (Lipinski definition) is 1. The van der Waals surface area contributed by atoms with Crippen molar-refractivity contribution >= 4 is 17.6 Å². The Bertz CT molecular complexity index is 1130. The van der Waals surface area contributed by atoms with E-state index >= 15 is 0 Å². The largest absolute Gasteiger partial charge is 0.379 e. The van der Waals surface area contributed by atoms with E-state index in [0.29, 0.717) is 25.2 Å². The van der Waals surface area contributed by atoms with Crippen molar-refractivity contribution in [3.8, 4) is 11.1 Å². The van der Waals surface area contributed by atoms with Gasteiger partial charge in [0.25, 0.3) is 0 Å². The van der Waals surface area contributed by atoms with E-state index in [1.54, 1.807) is 23.9 Å². The maximum Gasteiger partial charge on any atom is 0.230 e. The molecule has 0 unspecified atom stereocenters. The van der Waals surface area contributed by atoms with Gasteiger partial charge in [-0.1, -0.05) is 59.8 Å². The van der Waals surface area contributed by atoms with Crippen molar-refractivity contribution in [2.24, 2.45) is 5.41 Å². The van der Waals surface area contributed by atoms with Crippen LogP contribution in [-0.2, 0) is 22.4 Å². The minimum atomic E-state index is -0.694. The molecule has 2 N–H and O–H groups in total. The summed E-state index contributed by atoms with van der Waals surface area (Å²) in [6.07, 6.45) is 2.03. The standard InChI is InChI=1S/C25H29N5O3/c1-29(2)24(32)25(16-18-8-6-11-20(14-18)19-9-4-3-5-10-19)12-7-13-30(17-25)22(31)15-21-23(26)28-33-27-21/h3-6,8-11,14H,7,12-13,15-17H2,1-2H3,(H2,26,28)/t25-/m0/s1. The molecule has 1 aliphatic rings. The smallest absolute Gasteiger partial charge is 0.230 e. The Labute approximate surface area is 193 Å². The topological polar surface area (TPSA) is 106 Å². The molecule has 0 spiro atoms. The van der Waals surface area contributed by atoms with E-state index in [-0.39, 0.29) is 24.1 Å². The van der Waals surface area contributed by atoms with E-state index in [4.69, 9.17) is 5.73 Å². The van der Waals surface area contributed by atoms with Crippen molar-refractivity contribution in [1.29, 1.82) is 0 Å². The Kier molecular flexibility index (Phi) is 6.44. The molecule has 0 aliphatic carbocycles. The zero-order valence-corrected chi connectivity index (χ0v) is 19.0. The number of likely N-dealkylation sites (tertiary alicyclic amines) is 1. The molecule has 3 aromatic rings. The van der Waals surface area contributed by atoms with Gasteiger partial charge in [0.2, 0.25) is 11.8 Å². The number of hydrogen-bond acceptors (Lipinski definition) is 6. The molecule has 1 aliphatic heterocycles. The van der Waals surface area contributed by atoms with Gasteiger partial charge < -0.3 is 15.5 Å². The second-order valence-corrected chi connectivity index (χ2v) is 8.91. The average molecular weight is 448 g/mol. The molecular formula is C25H29N5O3. The molecule has 4 rings (SSSR count). The minimum Gasteiger partial charge on any atom is -0.379 e. The van der Waals surface area contributed by atoms with Gasteiger partial charge in [0.1, 0.15) is 5.69 Å². The Morgan fingerprint density at radius 1 is 1.09 bits per heavy atom. The first-order valence-corrected chi connectivity index (χ1v) is 11.1. The number of carbonyl (C=O) groups is 2. The first-order valence-electron chi connectivity index (χ1n) is 11.1. The maximum atomic E-state index is 13.4. The molecule has 1 atom stereocenters. The lowest BCUT2D eigenvalue weighted by Crippen LogP contribution is -2.54. The fourth-order valence-electron chi connectivity index (χ4n) is 4.69. The lowest BCUT2D eigenvalue weighted by Gasteiger charge is -2.43. The summed E-state index contributed by atoms with van der Waals surface area (Å²) in [5, 5.41) is 7.27. The molecular weight excluding hydrogens is 418 g/mol. The first-order chi connectivity index (χ1) is 15.9. The van der Waals surface area contributed by atoms with E-state index in [9.17, 15) is 9.59 Å². The molecule has 2 heterocycles. The van der Waals surface area contributed by atoms with E-state index in [2.05, 4.69) is 45.3 Å². The Morgan fingerprint density at radius 2 is 1.85 bits per heavy atom. The van der Waals surface area contributed by atoms with Crippen LogP contribution in [0.1, 0.15) is 24.1 Å². The molecule has 1 saturated heterocycles. The van der Waals surface area contributed by atoms with Crippen molar-refractivity contribution in [1.82, 2.24) is 20.1 Å². The Morgan fingerprint density at radius 3 is 2.55 bits per heavy atom. The number of amides is 2. The summed E-state index contributed by atoms with van der Waals surface area (Å²) in [5.41, 5.74) is 8.67. The van der Waals surface area contributed by atoms with Gasteiger partial charge in [-0.3, -0.25) is 9.59 Å². The van der Waals surface area contributed by atoms with Crippen LogP contribution in [0, 0.1) is 5.41 Å². The van der Waals surface area contributed by atoms with E-state index < -0.39 is 5.41 Å². The zero-order chi connectivity index (χ0) is 23.4. The second kappa shape index (κ2) is 9.44. The third-order valence-corrected chi connectivity index (χ3v) is 6.27. The average Bonchev–Trinajstić information content (AvgIpc) is 3.23. The molecule has 172 valence electrons. The third kappa shape index (κ3) is 4.89. The third-order valence-electron chi connectivity index (χ3n) is 6.27. The minimum absolute atomic E-state index is 0.00502. The van der Waals surface area contributed by atoms with Gasteiger partial charge in [-0.2, -0.15) is 0 Å². The number of carbonyl (C=O) groups excluding carboxylic acids is 2. The summed E-state index contributed by atoms with van der Waals surface area (Å²) in [5.74, 6) is 0.0208. The predicted molar refractivity (Wildman–Crippen MR) is 125 cm³/mol. The molecule has 2 amide bonds. The van der Waals surface area contributed by atoms with Gasteiger partial charge in [-0.05, 0) is 41.1 Å². The van der Waals surface area contributed by atoms with Gasteiger partial charge in [0, 0.05) is 27.2 Å². The van der Waals surface area contributed by atoms with Crippen LogP contribution in [0.4, 0.5) is 5.82 Å². The molecule has 2 aromatic carbocycles. The van der Waals surface area contributed by atoms with Gasteiger partial charge in [-0.15, -0.1) is 0 Å². The maximum absolute atomic E-state index is 13.4. The number of anilines is 1. The van der Waals surface area contributed by atoms with E-state index in [0.717, 1.165) is 29.5 Å². The summed E-state index contributed by atoms with van der Waals surface area (Å²) >= 11 is 0. The number of piperidine rings is 1. The quantitative estimate of drug-likeness (QED) is 0.623. The lowest BCUT2D eigenvalue weighted by molar-refractivity contribution is -0.147. The van der Waals surface area contributed by atoms with Gasteiger partial charge in [0.05, 0.1) is 11.8 Å². The van der Waals surface area contributed by atoms with E-state index in [1.807, 2.05) is 24.3 Å². The van der Waals surface area contributed by atoms with Crippen LogP contribution in [0.25, 0.3) is 11.1 Å². The van der Waals surface area contributed by atoms with Gasteiger partial charge in [0.15, 0.2) is 5.82 Å². The van der Waals surface area contributed by atoms with Crippen LogP contribution in [0.5, 0.6) is 0 Å². The number of aromatic nitrogens is 2. The van der Waals surface area contributed by atoms with Crippen molar-refractivity contribution in [3.05, 3.63) is 65.9 Å². The monoisotopic (exact) mass is 447 g/mol. The van der Waals surface area contributed by atoms with Crippen LogP contribution in [0.15, 0.2) is 59.2 Å². The Hall–Kier alpha value is -3.68. The number of rotatable bonds is 6. The highest BCUT2D eigenvalue weighted by atomic mass is 16.6. The molecule has 0 bridgehead atoms. The normalized spacial score (nSPS) is 18.2. The fraction of sp³-hybridized carbons (Fsp3) is 0.360. The molecule has 0 radical (unpaired) electrons. The van der Waals surface area contributed by atoms with Crippen LogP contribution in [0.2, 0.25) is 0 Å². The van der Waals surface area contributed by atoms with Crippen molar-refractivity contribution in [2.75, 3.05) is 32.9 Å². The highest BCUT2D eigenvalue weighted by molar-refractivity contribution is 5.85. The van der Waals surface area contributed by atoms with Crippen molar-refractivity contribution in [3.63, 3.8) is 0 Å². The molecule has 1 fully saturated rings.